The van der Waals surface area contributed by atoms with E-state index in [0.29, 0.717) is 16.1 Å². The van der Waals surface area contributed by atoms with Gasteiger partial charge in [-0.15, -0.1) is 0 Å². The topological polar surface area (TPSA) is 50.9 Å². The number of pyridine rings is 1. The average Bonchev–Trinajstić information content (AvgIpc) is 2.33. The summed E-state index contributed by atoms with van der Waals surface area (Å²) in [7, 11) is 0. The van der Waals surface area contributed by atoms with Crippen molar-refractivity contribution in [2.45, 2.75) is 19.8 Å². The van der Waals surface area contributed by atoms with Crippen LogP contribution >= 0.6 is 11.6 Å². The quantitative estimate of drug-likeness (QED) is 0.652. The lowest BCUT2D eigenvalue weighted by molar-refractivity contribution is 0.636. The number of rotatable bonds is 3. The summed E-state index contributed by atoms with van der Waals surface area (Å²) in [5.74, 6) is 5.05. The van der Waals surface area contributed by atoms with Gasteiger partial charge in [0.25, 0.3) is 0 Å². The number of nitrogens with zero attached hydrogens (tertiary/aromatic N) is 1. The minimum absolute atomic E-state index is 0.261. The van der Waals surface area contributed by atoms with Crippen molar-refractivity contribution < 1.29 is 4.39 Å². The van der Waals surface area contributed by atoms with Crippen molar-refractivity contribution in [3.8, 4) is 0 Å². The van der Waals surface area contributed by atoms with E-state index in [0.717, 1.165) is 18.5 Å². The predicted molar refractivity (Wildman–Crippen MR) is 68.5 cm³/mol. The van der Waals surface area contributed by atoms with Gasteiger partial charge in [-0.2, -0.15) is 0 Å². The van der Waals surface area contributed by atoms with Gasteiger partial charge in [-0.3, -0.25) is 5.84 Å². The zero-order valence-electron chi connectivity index (χ0n) is 9.43. The molecule has 5 heteroatoms. The first-order chi connectivity index (χ1) is 8.17. The summed E-state index contributed by atoms with van der Waals surface area (Å²) in [4.78, 5) is 4.28. The third-order valence-electron chi connectivity index (χ3n) is 2.58. The van der Waals surface area contributed by atoms with Crippen LogP contribution in [0.2, 0.25) is 5.02 Å². The summed E-state index contributed by atoms with van der Waals surface area (Å²) in [6.45, 7) is 2.04. The number of aryl methyl sites for hydroxylation is 1. The molecule has 0 radical (unpaired) electrons. The van der Waals surface area contributed by atoms with Crippen molar-refractivity contribution in [2.24, 2.45) is 5.84 Å². The molecule has 0 saturated carbocycles. The normalized spacial score (nSPS) is 10.8. The van der Waals surface area contributed by atoms with Crippen molar-refractivity contribution in [1.29, 1.82) is 0 Å². The monoisotopic (exact) mass is 253 g/mol. The largest absolute Gasteiger partial charge is 0.323 e. The minimum Gasteiger partial charge on any atom is -0.323 e. The van der Waals surface area contributed by atoms with Crippen LogP contribution in [0.5, 0.6) is 0 Å². The fourth-order valence-corrected chi connectivity index (χ4v) is 2.07. The molecule has 3 nitrogen and oxygen atoms in total. The minimum atomic E-state index is -0.390. The highest BCUT2D eigenvalue weighted by atomic mass is 35.5. The van der Waals surface area contributed by atoms with Gasteiger partial charge < -0.3 is 5.43 Å². The number of nitrogen functional groups attached to an aromatic ring is 1. The van der Waals surface area contributed by atoms with E-state index < -0.39 is 0 Å². The first kappa shape index (κ1) is 12.1. The van der Waals surface area contributed by atoms with Crippen molar-refractivity contribution in [3.05, 3.63) is 34.7 Å². The Bertz CT molecular complexity index is 557. The number of anilines is 1. The Balaban J connectivity index is 2.77. The molecule has 1 aromatic carbocycles. The van der Waals surface area contributed by atoms with E-state index in [1.165, 1.54) is 12.1 Å². The summed E-state index contributed by atoms with van der Waals surface area (Å²) in [5, 5.41) is 0.957. The standard InChI is InChI=1S/C12H13ClFN3/c1-2-3-7-6-10(17-15)11-8(13)4-5-9(14)12(11)16-7/h4-6H,2-3,15H2,1H3,(H,16,17). The van der Waals surface area contributed by atoms with E-state index in [-0.39, 0.29) is 11.3 Å². The van der Waals surface area contributed by atoms with Gasteiger partial charge in [-0.25, -0.2) is 9.37 Å². The predicted octanol–water partition coefficient (Wildman–Crippen LogP) is 3.27. The van der Waals surface area contributed by atoms with E-state index in [1.54, 1.807) is 6.07 Å². The summed E-state index contributed by atoms with van der Waals surface area (Å²) in [6, 6.07) is 4.62. The molecule has 0 aliphatic carbocycles. The van der Waals surface area contributed by atoms with Crippen LogP contribution in [0.1, 0.15) is 19.0 Å². The molecule has 0 amide bonds. The second-order valence-electron chi connectivity index (χ2n) is 3.81. The molecule has 0 saturated heterocycles. The molecule has 0 aliphatic rings. The van der Waals surface area contributed by atoms with Gasteiger partial charge in [0.15, 0.2) is 0 Å². The summed E-state index contributed by atoms with van der Waals surface area (Å²) in [6.07, 6.45) is 1.71. The highest BCUT2D eigenvalue weighted by Crippen LogP contribution is 2.31. The fourth-order valence-electron chi connectivity index (χ4n) is 1.82. The maximum Gasteiger partial charge on any atom is 0.149 e. The molecule has 0 atom stereocenters. The molecule has 90 valence electrons. The first-order valence-corrected chi connectivity index (χ1v) is 5.79. The number of hydrogen-bond acceptors (Lipinski definition) is 3. The number of nitrogens with one attached hydrogen (secondary N) is 1. The number of benzene rings is 1. The second kappa shape index (κ2) is 4.85. The van der Waals surface area contributed by atoms with Crippen LogP contribution in [0.3, 0.4) is 0 Å². The zero-order chi connectivity index (χ0) is 12.4. The number of hydrazine groups is 1. The fraction of sp³-hybridized carbons (Fsp3) is 0.250. The van der Waals surface area contributed by atoms with Gasteiger partial charge in [0.05, 0.1) is 10.7 Å². The number of aromatic nitrogens is 1. The van der Waals surface area contributed by atoms with Crippen molar-refractivity contribution >= 4 is 28.2 Å². The van der Waals surface area contributed by atoms with Crippen LogP contribution in [0.15, 0.2) is 18.2 Å². The van der Waals surface area contributed by atoms with Crippen LogP contribution in [0, 0.1) is 5.82 Å². The summed E-state index contributed by atoms with van der Waals surface area (Å²) < 4.78 is 13.7. The molecule has 1 aromatic heterocycles. The van der Waals surface area contributed by atoms with Crippen molar-refractivity contribution in [1.82, 2.24) is 4.98 Å². The van der Waals surface area contributed by atoms with Gasteiger partial charge in [0.2, 0.25) is 0 Å². The Kier molecular flexibility index (Phi) is 3.45. The molecule has 2 rings (SSSR count). The summed E-state index contributed by atoms with van der Waals surface area (Å²) >= 11 is 6.04. The zero-order valence-corrected chi connectivity index (χ0v) is 10.2. The maximum absolute atomic E-state index is 13.7. The van der Waals surface area contributed by atoms with Crippen molar-refractivity contribution in [2.75, 3.05) is 5.43 Å². The molecule has 0 spiro atoms. The van der Waals surface area contributed by atoms with E-state index in [1.807, 2.05) is 6.92 Å². The lowest BCUT2D eigenvalue weighted by Crippen LogP contribution is -2.09. The average molecular weight is 254 g/mol. The molecule has 0 bridgehead atoms. The Labute approximate surface area is 104 Å². The molecule has 17 heavy (non-hydrogen) atoms. The highest BCUT2D eigenvalue weighted by molar-refractivity contribution is 6.36. The van der Waals surface area contributed by atoms with Gasteiger partial charge in [0, 0.05) is 11.1 Å². The lowest BCUT2D eigenvalue weighted by atomic mass is 10.1. The third-order valence-corrected chi connectivity index (χ3v) is 2.89. The molecule has 0 aliphatic heterocycles. The van der Waals surface area contributed by atoms with Gasteiger partial charge in [-0.05, 0) is 24.6 Å². The van der Waals surface area contributed by atoms with Gasteiger partial charge >= 0.3 is 0 Å². The Morgan fingerprint density at radius 1 is 1.47 bits per heavy atom. The smallest absolute Gasteiger partial charge is 0.149 e. The molecular weight excluding hydrogens is 241 g/mol. The number of hydrogen-bond donors (Lipinski definition) is 2. The molecule has 0 fully saturated rings. The Morgan fingerprint density at radius 2 is 2.24 bits per heavy atom. The molecule has 0 unspecified atom stereocenters. The van der Waals surface area contributed by atoms with Crippen LogP contribution in [0.4, 0.5) is 10.1 Å². The third kappa shape index (κ3) is 2.18. The van der Waals surface area contributed by atoms with Crippen LogP contribution in [0.25, 0.3) is 10.9 Å². The lowest BCUT2D eigenvalue weighted by Gasteiger charge is -2.10. The second-order valence-corrected chi connectivity index (χ2v) is 4.22. The van der Waals surface area contributed by atoms with E-state index in [9.17, 15) is 4.39 Å². The number of nitrogens with two attached hydrogens (primary N) is 1. The van der Waals surface area contributed by atoms with Crippen molar-refractivity contribution in [3.63, 3.8) is 0 Å². The molecule has 1 heterocycles. The maximum atomic E-state index is 13.7. The van der Waals surface area contributed by atoms with E-state index in [4.69, 9.17) is 17.4 Å². The van der Waals surface area contributed by atoms with Gasteiger partial charge in [0.1, 0.15) is 11.3 Å². The Morgan fingerprint density at radius 3 is 2.88 bits per heavy atom. The van der Waals surface area contributed by atoms with Crippen LogP contribution < -0.4 is 11.3 Å². The molecular formula is C12H13ClFN3. The SMILES string of the molecule is CCCc1cc(NN)c2c(Cl)ccc(F)c2n1. The molecule has 3 N–H and O–H groups in total. The first-order valence-electron chi connectivity index (χ1n) is 5.41. The van der Waals surface area contributed by atoms with E-state index >= 15 is 0 Å². The van der Waals surface area contributed by atoms with Gasteiger partial charge in [-0.1, -0.05) is 24.9 Å². The number of fused-ring (bicyclic) bond motifs is 1. The van der Waals surface area contributed by atoms with E-state index in [2.05, 4.69) is 10.4 Å². The highest BCUT2D eigenvalue weighted by Gasteiger charge is 2.12. The molecule has 2 aromatic rings. The number of halogens is 2. The van der Waals surface area contributed by atoms with Crippen LogP contribution in [-0.4, -0.2) is 4.98 Å². The van der Waals surface area contributed by atoms with Crippen LogP contribution in [-0.2, 0) is 6.42 Å². The Hall–Kier alpha value is -1.39. The summed E-state index contributed by atoms with van der Waals surface area (Å²) in [5.41, 5.74) is 4.21.